The number of nitrogens with one attached hydrogen (secondary N) is 1. The summed E-state index contributed by atoms with van der Waals surface area (Å²) in [7, 11) is 3.07. The van der Waals surface area contributed by atoms with Gasteiger partial charge < -0.3 is 19.7 Å². The molecule has 2 aliphatic rings. The van der Waals surface area contributed by atoms with Gasteiger partial charge in [0.2, 0.25) is 0 Å². The summed E-state index contributed by atoms with van der Waals surface area (Å²) in [6.45, 7) is 5.83. The Morgan fingerprint density at radius 3 is 2.51 bits per heavy atom. The summed E-state index contributed by atoms with van der Waals surface area (Å²) in [6, 6.07) is 20.8. The second-order valence-electron chi connectivity index (χ2n) is 9.93. The topological polar surface area (TPSA) is 102 Å². The minimum Gasteiger partial charge on any atom is -0.497 e. The summed E-state index contributed by atoms with van der Waals surface area (Å²) < 4.78 is 12.9. The predicted octanol–water partition coefficient (Wildman–Crippen LogP) is 3.79. The van der Waals surface area contributed by atoms with E-state index < -0.39 is 17.5 Å². The molecule has 0 unspecified atom stereocenters. The molecule has 0 fully saturated rings. The van der Waals surface area contributed by atoms with Crippen LogP contribution in [0.4, 0.5) is 11.4 Å². The first-order valence-corrected chi connectivity index (χ1v) is 14.3. The Morgan fingerprint density at radius 2 is 1.79 bits per heavy atom. The number of allylic oxidation sites excluding steroid dienone is 1. The maximum atomic E-state index is 14.4. The van der Waals surface area contributed by atoms with Crippen molar-refractivity contribution in [3.63, 3.8) is 0 Å². The molecule has 9 nitrogen and oxygen atoms in total. The third-order valence-corrected chi connectivity index (χ3v) is 8.52. The molecule has 43 heavy (non-hydrogen) atoms. The highest BCUT2D eigenvalue weighted by Gasteiger charge is 2.37. The molecule has 4 aromatic rings. The third kappa shape index (κ3) is 4.65. The molecule has 0 radical (unpaired) electrons. The van der Waals surface area contributed by atoms with E-state index in [0.29, 0.717) is 56.6 Å². The third-order valence-electron chi connectivity index (χ3n) is 7.47. The fourth-order valence-corrected chi connectivity index (χ4v) is 6.67. The Kier molecular flexibility index (Phi) is 7.29. The van der Waals surface area contributed by atoms with E-state index in [2.05, 4.69) is 11.9 Å². The van der Waals surface area contributed by atoms with Crippen LogP contribution in [0.15, 0.2) is 107 Å². The van der Waals surface area contributed by atoms with E-state index in [9.17, 15) is 14.4 Å². The number of benzene rings is 3. The Labute approximate surface area is 251 Å². The highest BCUT2D eigenvalue weighted by molar-refractivity contribution is 7.07. The molecular formula is C33H28N4O5S. The molecule has 1 atom stereocenters. The highest BCUT2D eigenvalue weighted by atomic mass is 32.1. The first kappa shape index (κ1) is 27.9. The lowest BCUT2D eigenvalue weighted by atomic mass is 9.94. The van der Waals surface area contributed by atoms with E-state index in [-0.39, 0.29) is 16.0 Å². The lowest BCUT2D eigenvalue weighted by Crippen LogP contribution is -2.41. The molecule has 1 N–H and O–H groups in total. The summed E-state index contributed by atoms with van der Waals surface area (Å²) in [4.78, 5) is 48.8. The first-order chi connectivity index (χ1) is 20.9. The average Bonchev–Trinajstić information content (AvgIpc) is 3.48. The SMILES string of the molecule is C=CCN1C(=O)/C(=c2/sc3n(c2=O)[C@H](c2ccc(OC)cc2OC)C(C(=O)Nc2ccccc2)=C(C)N=3)c2ccccc21. The van der Waals surface area contributed by atoms with Crippen molar-refractivity contribution < 1.29 is 19.1 Å². The number of rotatable bonds is 7. The zero-order valence-electron chi connectivity index (χ0n) is 23.8. The van der Waals surface area contributed by atoms with Crippen molar-refractivity contribution in [1.82, 2.24) is 4.57 Å². The van der Waals surface area contributed by atoms with Gasteiger partial charge in [0.05, 0.1) is 36.8 Å². The van der Waals surface area contributed by atoms with Crippen LogP contribution >= 0.6 is 11.3 Å². The number of ether oxygens (including phenoxy) is 2. The van der Waals surface area contributed by atoms with E-state index in [1.54, 1.807) is 55.3 Å². The molecule has 0 saturated heterocycles. The number of fused-ring (bicyclic) bond motifs is 2. The summed E-state index contributed by atoms with van der Waals surface area (Å²) in [5, 5.41) is 2.94. The molecule has 6 rings (SSSR count). The van der Waals surface area contributed by atoms with E-state index in [1.807, 2.05) is 42.5 Å². The van der Waals surface area contributed by atoms with E-state index in [1.165, 1.54) is 11.7 Å². The molecule has 0 bridgehead atoms. The zero-order valence-corrected chi connectivity index (χ0v) is 24.6. The van der Waals surface area contributed by atoms with Crippen LogP contribution < -0.4 is 34.6 Å². The van der Waals surface area contributed by atoms with Crippen LogP contribution in [-0.4, -0.2) is 37.1 Å². The lowest BCUT2D eigenvalue weighted by molar-refractivity contribution is -0.114. The van der Waals surface area contributed by atoms with E-state index in [0.717, 1.165) is 11.3 Å². The van der Waals surface area contributed by atoms with Crippen LogP contribution in [-0.2, 0) is 9.59 Å². The summed E-state index contributed by atoms with van der Waals surface area (Å²) in [5.74, 6) is 0.291. The van der Waals surface area contributed by atoms with Crippen molar-refractivity contribution >= 4 is 40.1 Å². The first-order valence-electron chi connectivity index (χ1n) is 13.5. The lowest BCUT2D eigenvalue weighted by Gasteiger charge is -2.26. The van der Waals surface area contributed by atoms with Crippen LogP contribution in [0.3, 0.4) is 0 Å². The van der Waals surface area contributed by atoms with Crippen molar-refractivity contribution in [1.29, 1.82) is 0 Å². The maximum Gasteiger partial charge on any atom is 0.271 e. The standard InChI is InChI=1S/C33H28N4O5S/c1-5-17-36-24-14-10-9-13-22(24)27(31(36)39)29-32(40)37-28(23-16-15-21(41-3)18-25(23)42-4)26(19(2)34-33(37)43-29)30(38)35-20-11-7-6-8-12-20/h5-16,18,28H,1,17H2,2-4H3,(H,35,38)/b29-27+/t28-/m1/s1. The molecule has 0 spiro atoms. The summed E-state index contributed by atoms with van der Waals surface area (Å²) in [6.07, 6.45) is 1.65. The fourth-order valence-electron chi connectivity index (χ4n) is 5.53. The number of amides is 2. The zero-order chi connectivity index (χ0) is 30.2. The normalized spacial score (nSPS) is 16.8. The van der Waals surface area contributed by atoms with Crippen molar-refractivity contribution in [2.75, 3.05) is 31.0 Å². The van der Waals surface area contributed by atoms with Gasteiger partial charge in [-0.3, -0.25) is 19.0 Å². The Bertz CT molecular complexity index is 2010. The van der Waals surface area contributed by atoms with Gasteiger partial charge in [-0.2, -0.15) is 0 Å². The summed E-state index contributed by atoms with van der Waals surface area (Å²) in [5.41, 5.74) is 3.14. The number of carbonyl (C=O) groups is 2. The molecule has 0 saturated carbocycles. The predicted molar refractivity (Wildman–Crippen MR) is 166 cm³/mol. The number of hydrogen-bond donors (Lipinski definition) is 1. The minimum absolute atomic E-state index is 0.248. The van der Waals surface area contributed by atoms with Crippen LogP contribution in [0, 0.1) is 0 Å². The van der Waals surface area contributed by atoms with E-state index in [4.69, 9.17) is 14.5 Å². The van der Waals surface area contributed by atoms with Gasteiger partial charge in [0.1, 0.15) is 22.1 Å². The van der Waals surface area contributed by atoms with Gasteiger partial charge >= 0.3 is 0 Å². The molecule has 2 amide bonds. The van der Waals surface area contributed by atoms with E-state index >= 15 is 0 Å². The van der Waals surface area contributed by atoms with Gasteiger partial charge in [0, 0.05) is 29.4 Å². The van der Waals surface area contributed by atoms with Crippen LogP contribution in [0.1, 0.15) is 24.1 Å². The second kappa shape index (κ2) is 11.2. The quantitative estimate of drug-likeness (QED) is 0.329. The number of para-hydroxylation sites is 2. The Balaban J connectivity index is 1.62. The molecule has 10 heteroatoms. The van der Waals surface area contributed by atoms with Gasteiger partial charge in [-0.05, 0) is 37.3 Å². The number of methoxy groups -OCH3 is 2. The second-order valence-corrected chi connectivity index (χ2v) is 10.9. The minimum atomic E-state index is -0.897. The molecule has 3 heterocycles. The van der Waals surface area contributed by atoms with Gasteiger partial charge in [-0.1, -0.05) is 53.8 Å². The smallest absolute Gasteiger partial charge is 0.271 e. The molecule has 0 aliphatic carbocycles. The van der Waals surface area contributed by atoms with Crippen molar-refractivity contribution in [2.45, 2.75) is 13.0 Å². The number of anilines is 2. The highest BCUT2D eigenvalue weighted by Crippen LogP contribution is 2.38. The largest absolute Gasteiger partial charge is 0.497 e. The van der Waals surface area contributed by atoms with Gasteiger partial charge in [-0.15, -0.1) is 6.58 Å². The average molecular weight is 593 g/mol. The van der Waals surface area contributed by atoms with Gasteiger partial charge in [-0.25, -0.2) is 4.99 Å². The molecule has 216 valence electrons. The Hall–Kier alpha value is -5.22. The number of aromatic nitrogens is 1. The number of hydrogen-bond acceptors (Lipinski definition) is 7. The monoisotopic (exact) mass is 592 g/mol. The van der Waals surface area contributed by atoms with Crippen LogP contribution in [0.5, 0.6) is 11.5 Å². The molecule has 3 aromatic carbocycles. The van der Waals surface area contributed by atoms with Crippen molar-refractivity contribution in [3.05, 3.63) is 128 Å². The van der Waals surface area contributed by atoms with Gasteiger partial charge in [0.15, 0.2) is 4.80 Å². The Morgan fingerprint density at radius 1 is 1.05 bits per heavy atom. The molecule has 2 aliphatic heterocycles. The fraction of sp³-hybridized carbons (Fsp3) is 0.152. The number of carbonyl (C=O) groups excluding carboxylic acids is 2. The van der Waals surface area contributed by atoms with Crippen LogP contribution in [0.2, 0.25) is 0 Å². The molecular weight excluding hydrogens is 564 g/mol. The van der Waals surface area contributed by atoms with Gasteiger partial charge in [0.25, 0.3) is 17.4 Å². The number of nitrogens with zero attached hydrogens (tertiary/aromatic N) is 3. The van der Waals surface area contributed by atoms with Crippen molar-refractivity contribution in [3.8, 4) is 11.5 Å². The van der Waals surface area contributed by atoms with Crippen LogP contribution in [0.25, 0.3) is 5.57 Å². The van der Waals surface area contributed by atoms with Crippen molar-refractivity contribution in [2.24, 2.45) is 4.99 Å². The molecule has 1 aromatic heterocycles. The summed E-state index contributed by atoms with van der Waals surface area (Å²) >= 11 is 1.13. The number of thiazole rings is 1. The maximum absolute atomic E-state index is 14.4.